The molecule has 0 saturated heterocycles. The summed E-state index contributed by atoms with van der Waals surface area (Å²) in [5.74, 6) is 0. The van der Waals surface area contributed by atoms with Crippen molar-refractivity contribution in [3.8, 4) is 0 Å². The Kier molecular flexibility index (Phi) is 2.15. The maximum atomic E-state index is 11.2. The van der Waals surface area contributed by atoms with Crippen molar-refractivity contribution in [1.29, 1.82) is 0 Å². The molecule has 4 heteroatoms. The first-order chi connectivity index (χ1) is 3.06. The number of halogens is 4. The summed E-state index contributed by atoms with van der Waals surface area (Å²) < 4.78 is 33.1. The van der Waals surface area contributed by atoms with Gasteiger partial charge in [0.15, 0.2) is 0 Å². The number of hydrogen-bond acceptors (Lipinski definition) is 0. The van der Waals surface area contributed by atoms with Gasteiger partial charge in [-0.3, -0.25) is 0 Å². The van der Waals surface area contributed by atoms with Crippen LogP contribution in [0.4, 0.5) is 13.2 Å². The van der Waals surface area contributed by atoms with Crippen LogP contribution < -0.4 is 0 Å². The minimum Gasteiger partial charge on any atom is -0.216 e. The molecule has 0 bridgehead atoms. The smallest absolute Gasteiger partial charge is 0.216 e. The standard InChI is InChI=1S/C3H2ClF3/c4-3(6,7)1-2-5/h1-2H/b2-1+. The van der Waals surface area contributed by atoms with Gasteiger partial charge in [-0.1, -0.05) is 0 Å². The van der Waals surface area contributed by atoms with Gasteiger partial charge in [-0.2, -0.15) is 8.78 Å². The van der Waals surface area contributed by atoms with Crippen molar-refractivity contribution in [2.75, 3.05) is 0 Å². The summed E-state index contributed by atoms with van der Waals surface area (Å²) in [5.41, 5.74) is 0. The van der Waals surface area contributed by atoms with Crippen molar-refractivity contribution in [2.45, 2.75) is 5.38 Å². The van der Waals surface area contributed by atoms with Gasteiger partial charge in [0, 0.05) is 6.08 Å². The van der Waals surface area contributed by atoms with Crippen LogP contribution in [0.15, 0.2) is 12.4 Å². The van der Waals surface area contributed by atoms with E-state index < -0.39 is 5.38 Å². The minimum atomic E-state index is -3.53. The van der Waals surface area contributed by atoms with E-state index in [1.807, 2.05) is 0 Å². The fraction of sp³-hybridized carbons (Fsp3) is 0.333. The van der Waals surface area contributed by atoms with E-state index in [0.717, 1.165) is 0 Å². The first kappa shape index (κ1) is 6.82. The van der Waals surface area contributed by atoms with Crippen molar-refractivity contribution < 1.29 is 13.2 Å². The van der Waals surface area contributed by atoms with Crippen molar-refractivity contribution in [3.05, 3.63) is 12.4 Å². The monoisotopic (exact) mass is 130 g/mol. The summed E-state index contributed by atoms with van der Waals surface area (Å²) in [6.07, 6.45) is -0.346. The summed E-state index contributed by atoms with van der Waals surface area (Å²) in [4.78, 5) is 0. The van der Waals surface area contributed by atoms with E-state index >= 15 is 0 Å². The molecule has 42 valence electrons. The molecule has 0 fully saturated rings. The molecular weight excluding hydrogens is 128 g/mol. The Balaban J connectivity index is 3.56. The van der Waals surface area contributed by atoms with Crippen LogP contribution in [0.25, 0.3) is 0 Å². The highest BCUT2D eigenvalue weighted by Gasteiger charge is 2.18. The fourth-order valence-electron chi connectivity index (χ4n) is 0.0714. The van der Waals surface area contributed by atoms with Crippen LogP contribution in [0.2, 0.25) is 0 Å². The molecule has 0 N–H and O–H groups in total. The highest BCUT2D eigenvalue weighted by Crippen LogP contribution is 2.19. The molecule has 0 nitrogen and oxygen atoms in total. The molecule has 0 amide bonds. The second-order valence-electron chi connectivity index (χ2n) is 0.834. The fourth-order valence-corrected chi connectivity index (χ4v) is 0.119. The second kappa shape index (κ2) is 2.21. The van der Waals surface area contributed by atoms with Crippen LogP contribution in [0.5, 0.6) is 0 Å². The highest BCUT2D eigenvalue weighted by atomic mass is 35.5. The lowest BCUT2D eigenvalue weighted by atomic mass is 10.7. The summed E-state index contributed by atoms with van der Waals surface area (Å²) in [7, 11) is 0. The maximum absolute atomic E-state index is 11.2. The molecule has 0 aliphatic heterocycles. The van der Waals surface area contributed by atoms with Gasteiger partial charge in [-0.25, -0.2) is 4.39 Å². The molecule has 0 heterocycles. The number of rotatable bonds is 1. The Bertz CT molecular complexity index is 72.7. The molecular formula is C3H2ClF3. The molecule has 0 aliphatic carbocycles. The molecule has 0 unspecified atom stereocenters. The van der Waals surface area contributed by atoms with Gasteiger partial charge in [-0.05, 0) is 11.6 Å². The van der Waals surface area contributed by atoms with E-state index in [1.165, 1.54) is 0 Å². The van der Waals surface area contributed by atoms with Crippen LogP contribution in [0, 0.1) is 0 Å². The first-order valence-electron chi connectivity index (χ1n) is 1.41. The largest absolute Gasteiger partial charge is 0.343 e. The minimum absolute atomic E-state index is 0.0471. The Labute approximate surface area is 43.6 Å². The summed E-state index contributed by atoms with van der Waals surface area (Å²) >= 11 is 4.17. The van der Waals surface area contributed by atoms with Gasteiger partial charge in [-0.15, -0.1) is 0 Å². The van der Waals surface area contributed by atoms with E-state index in [9.17, 15) is 13.2 Å². The predicted octanol–water partition coefficient (Wildman–Crippen LogP) is 2.30. The summed E-state index contributed by atoms with van der Waals surface area (Å²) in [6.45, 7) is 0. The number of allylic oxidation sites excluding steroid dienone is 1. The van der Waals surface area contributed by atoms with E-state index in [2.05, 4.69) is 11.6 Å². The molecule has 0 rings (SSSR count). The van der Waals surface area contributed by atoms with E-state index in [-0.39, 0.29) is 12.4 Å². The van der Waals surface area contributed by atoms with Gasteiger partial charge in [0.2, 0.25) is 0 Å². The lowest BCUT2D eigenvalue weighted by Gasteiger charge is -1.94. The Morgan fingerprint density at radius 2 is 1.86 bits per heavy atom. The van der Waals surface area contributed by atoms with Crippen molar-refractivity contribution >= 4 is 11.6 Å². The predicted molar refractivity (Wildman–Crippen MR) is 21.0 cm³/mol. The van der Waals surface area contributed by atoms with Crippen LogP contribution in [-0.2, 0) is 0 Å². The Hall–Kier alpha value is -0.180. The quantitative estimate of drug-likeness (QED) is 0.478. The summed E-state index contributed by atoms with van der Waals surface area (Å²) in [6, 6.07) is 0. The van der Waals surface area contributed by atoms with Gasteiger partial charge >= 0.3 is 5.38 Å². The number of alkyl halides is 3. The van der Waals surface area contributed by atoms with Crippen LogP contribution in [-0.4, -0.2) is 5.38 Å². The molecule has 0 atom stereocenters. The molecule has 0 radical (unpaired) electrons. The molecule has 0 spiro atoms. The second-order valence-corrected chi connectivity index (χ2v) is 1.34. The maximum Gasteiger partial charge on any atom is 0.343 e. The van der Waals surface area contributed by atoms with E-state index in [4.69, 9.17) is 0 Å². The number of hydrogen-bond donors (Lipinski definition) is 0. The average Bonchev–Trinajstić information content (AvgIpc) is 1.30. The molecule has 0 aliphatic rings. The molecule has 7 heavy (non-hydrogen) atoms. The first-order valence-corrected chi connectivity index (χ1v) is 1.79. The van der Waals surface area contributed by atoms with Crippen molar-refractivity contribution in [1.82, 2.24) is 0 Å². The molecule has 0 saturated carbocycles. The van der Waals surface area contributed by atoms with Crippen LogP contribution >= 0.6 is 11.6 Å². The normalized spacial score (nSPS) is 13.1. The molecule has 0 aromatic rings. The van der Waals surface area contributed by atoms with Crippen LogP contribution in [0.1, 0.15) is 0 Å². The summed E-state index contributed by atoms with van der Waals surface area (Å²) in [5, 5.41) is -3.53. The van der Waals surface area contributed by atoms with E-state index in [0.29, 0.717) is 0 Å². The highest BCUT2D eigenvalue weighted by molar-refractivity contribution is 6.22. The van der Waals surface area contributed by atoms with Crippen LogP contribution in [0.3, 0.4) is 0 Å². The zero-order chi connectivity index (χ0) is 5.91. The average molecular weight is 130 g/mol. The van der Waals surface area contributed by atoms with Gasteiger partial charge in [0.1, 0.15) is 0 Å². The lowest BCUT2D eigenvalue weighted by Crippen LogP contribution is -1.97. The van der Waals surface area contributed by atoms with Gasteiger partial charge in [0.05, 0.1) is 6.33 Å². The van der Waals surface area contributed by atoms with Gasteiger partial charge < -0.3 is 0 Å². The molecule has 0 aromatic carbocycles. The lowest BCUT2D eigenvalue weighted by molar-refractivity contribution is 0.151. The zero-order valence-corrected chi connectivity index (χ0v) is 3.92. The SMILES string of the molecule is F/C=C/C(F)(F)Cl. The van der Waals surface area contributed by atoms with Crippen molar-refractivity contribution in [2.24, 2.45) is 0 Å². The Morgan fingerprint density at radius 1 is 1.43 bits per heavy atom. The van der Waals surface area contributed by atoms with Crippen molar-refractivity contribution in [3.63, 3.8) is 0 Å². The van der Waals surface area contributed by atoms with E-state index in [1.54, 1.807) is 0 Å². The third kappa shape index (κ3) is 5.82. The topological polar surface area (TPSA) is 0 Å². The zero-order valence-electron chi connectivity index (χ0n) is 3.17. The third-order valence-electron chi connectivity index (χ3n) is 0.252. The Morgan fingerprint density at radius 3 is 1.86 bits per heavy atom. The van der Waals surface area contributed by atoms with Gasteiger partial charge in [0.25, 0.3) is 0 Å². The third-order valence-corrected chi connectivity index (χ3v) is 0.378. The molecule has 0 aromatic heterocycles.